The topological polar surface area (TPSA) is 79.1 Å². The summed E-state index contributed by atoms with van der Waals surface area (Å²) in [7, 11) is 2.00. The zero-order valence-electron chi connectivity index (χ0n) is 10.8. The molecule has 0 aliphatic carbocycles. The highest BCUT2D eigenvalue weighted by Crippen LogP contribution is 2.24. The predicted octanol–water partition coefficient (Wildman–Crippen LogP) is 1.60. The lowest BCUT2D eigenvalue weighted by Gasteiger charge is -2.14. The van der Waals surface area contributed by atoms with E-state index in [4.69, 9.17) is 15.5 Å². The summed E-state index contributed by atoms with van der Waals surface area (Å²) >= 11 is 0. The number of nitriles is 1. The number of hydrogen-bond donors (Lipinski definition) is 1. The minimum absolute atomic E-state index is 0.619. The first-order chi connectivity index (χ1) is 9.24. The van der Waals surface area contributed by atoms with E-state index in [0.29, 0.717) is 12.1 Å². The van der Waals surface area contributed by atoms with Gasteiger partial charge in [-0.15, -0.1) is 0 Å². The van der Waals surface area contributed by atoms with Crippen molar-refractivity contribution in [2.45, 2.75) is 6.54 Å². The molecule has 0 aliphatic heterocycles. The highest BCUT2D eigenvalue weighted by atomic mass is 16.5. The molecule has 0 saturated carbocycles. The average molecular weight is 256 g/mol. The summed E-state index contributed by atoms with van der Waals surface area (Å²) in [6.07, 6.45) is 1.72. The van der Waals surface area contributed by atoms with Crippen molar-refractivity contribution in [3.63, 3.8) is 0 Å². The maximum Gasteiger partial charge on any atom is 0.171 e. The summed E-state index contributed by atoms with van der Waals surface area (Å²) in [5, 5.41) is 12.6. The van der Waals surface area contributed by atoms with E-state index in [1.165, 1.54) is 0 Å². The molecule has 1 aromatic carbocycles. The van der Waals surface area contributed by atoms with Gasteiger partial charge in [0.2, 0.25) is 0 Å². The zero-order chi connectivity index (χ0) is 13.7. The van der Waals surface area contributed by atoms with Crippen LogP contribution < -0.4 is 5.73 Å². The summed E-state index contributed by atoms with van der Waals surface area (Å²) in [5.74, 6) is 0.744. The lowest BCUT2D eigenvalue weighted by atomic mass is 10.1. The SMILES string of the molecule is CN(CCN)Cc1cnoc1-c1ccc(C#N)cc1. The first-order valence-corrected chi connectivity index (χ1v) is 6.07. The third-order valence-corrected chi connectivity index (χ3v) is 2.87. The molecule has 0 spiro atoms. The molecule has 2 rings (SSSR count). The van der Waals surface area contributed by atoms with E-state index in [1.807, 2.05) is 19.2 Å². The van der Waals surface area contributed by atoms with Gasteiger partial charge >= 0.3 is 0 Å². The molecule has 19 heavy (non-hydrogen) atoms. The van der Waals surface area contributed by atoms with Gasteiger partial charge in [0.1, 0.15) is 0 Å². The van der Waals surface area contributed by atoms with E-state index >= 15 is 0 Å². The van der Waals surface area contributed by atoms with Crippen molar-refractivity contribution in [3.05, 3.63) is 41.6 Å². The van der Waals surface area contributed by atoms with E-state index in [2.05, 4.69) is 16.1 Å². The number of nitrogens with two attached hydrogens (primary N) is 1. The molecule has 0 bridgehead atoms. The highest BCUT2D eigenvalue weighted by Gasteiger charge is 2.12. The number of nitrogens with zero attached hydrogens (tertiary/aromatic N) is 3. The van der Waals surface area contributed by atoms with Crippen LogP contribution in [0.1, 0.15) is 11.1 Å². The molecule has 2 N–H and O–H groups in total. The summed E-state index contributed by atoms with van der Waals surface area (Å²) < 4.78 is 5.31. The van der Waals surface area contributed by atoms with Crippen molar-refractivity contribution in [2.24, 2.45) is 5.73 Å². The zero-order valence-corrected chi connectivity index (χ0v) is 10.8. The van der Waals surface area contributed by atoms with Gasteiger partial charge in [-0.3, -0.25) is 0 Å². The van der Waals surface area contributed by atoms with Gasteiger partial charge in [-0.2, -0.15) is 5.26 Å². The van der Waals surface area contributed by atoms with Gasteiger partial charge in [0, 0.05) is 30.8 Å². The Kier molecular flexibility index (Phi) is 4.29. The van der Waals surface area contributed by atoms with Crippen molar-refractivity contribution < 1.29 is 4.52 Å². The summed E-state index contributed by atoms with van der Waals surface area (Å²) in [5.41, 5.74) is 8.10. The molecule has 0 saturated heterocycles. The third-order valence-electron chi connectivity index (χ3n) is 2.87. The predicted molar refractivity (Wildman–Crippen MR) is 72.0 cm³/mol. The lowest BCUT2D eigenvalue weighted by molar-refractivity contribution is 0.335. The van der Waals surface area contributed by atoms with Crippen molar-refractivity contribution >= 4 is 0 Å². The van der Waals surface area contributed by atoms with E-state index in [1.54, 1.807) is 18.3 Å². The van der Waals surface area contributed by atoms with Crippen molar-refractivity contribution in [1.29, 1.82) is 5.26 Å². The van der Waals surface area contributed by atoms with E-state index in [0.717, 1.165) is 30.0 Å². The molecule has 1 heterocycles. The molecule has 0 aliphatic rings. The normalized spacial score (nSPS) is 10.6. The molecule has 5 heteroatoms. The van der Waals surface area contributed by atoms with Crippen LogP contribution in [0, 0.1) is 11.3 Å². The van der Waals surface area contributed by atoms with E-state index in [-0.39, 0.29) is 0 Å². The molecular weight excluding hydrogens is 240 g/mol. The van der Waals surface area contributed by atoms with Crippen LogP contribution in [0.15, 0.2) is 35.0 Å². The van der Waals surface area contributed by atoms with Crippen LogP contribution in [0.3, 0.4) is 0 Å². The van der Waals surface area contributed by atoms with Crippen LogP contribution in [0.25, 0.3) is 11.3 Å². The quantitative estimate of drug-likeness (QED) is 0.879. The summed E-state index contributed by atoms with van der Waals surface area (Å²) in [6.45, 7) is 2.17. The number of likely N-dealkylation sites (N-methyl/N-ethyl adjacent to an activating group) is 1. The smallest absolute Gasteiger partial charge is 0.171 e. The van der Waals surface area contributed by atoms with Crippen LogP contribution >= 0.6 is 0 Å². The molecular formula is C14H16N4O. The first-order valence-electron chi connectivity index (χ1n) is 6.07. The Morgan fingerprint density at radius 2 is 2.11 bits per heavy atom. The molecule has 98 valence electrons. The van der Waals surface area contributed by atoms with Gasteiger partial charge < -0.3 is 15.2 Å². The maximum atomic E-state index is 8.79. The number of aromatic nitrogens is 1. The average Bonchev–Trinajstić information content (AvgIpc) is 2.87. The van der Waals surface area contributed by atoms with Gasteiger partial charge in [-0.25, -0.2) is 0 Å². The van der Waals surface area contributed by atoms with Crippen molar-refractivity contribution in [3.8, 4) is 17.4 Å². The Labute approximate surface area is 112 Å². The van der Waals surface area contributed by atoms with Crippen LogP contribution in [0.5, 0.6) is 0 Å². The van der Waals surface area contributed by atoms with Gasteiger partial charge in [0.25, 0.3) is 0 Å². The maximum absolute atomic E-state index is 8.79. The number of hydrogen-bond acceptors (Lipinski definition) is 5. The van der Waals surface area contributed by atoms with Crippen LogP contribution in [-0.2, 0) is 6.54 Å². The van der Waals surface area contributed by atoms with Crippen molar-refractivity contribution in [2.75, 3.05) is 20.1 Å². The number of rotatable bonds is 5. The summed E-state index contributed by atoms with van der Waals surface area (Å²) in [4.78, 5) is 2.11. The van der Waals surface area contributed by atoms with Crippen LogP contribution in [0.4, 0.5) is 0 Å². The molecule has 0 radical (unpaired) electrons. The Morgan fingerprint density at radius 3 is 2.74 bits per heavy atom. The third kappa shape index (κ3) is 3.19. The Morgan fingerprint density at radius 1 is 1.37 bits per heavy atom. The monoisotopic (exact) mass is 256 g/mol. The van der Waals surface area contributed by atoms with Gasteiger partial charge in [-0.1, -0.05) is 5.16 Å². The minimum atomic E-state index is 0.619. The van der Waals surface area contributed by atoms with E-state index in [9.17, 15) is 0 Å². The second-order valence-electron chi connectivity index (χ2n) is 4.40. The highest BCUT2D eigenvalue weighted by molar-refractivity contribution is 5.61. The molecule has 0 amide bonds. The molecule has 1 aromatic heterocycles. The molecule has 0 unspecified atom stereocenters. The molecule has 0 fully saturated rings. The molecule has 0 atom stereocenters. The standard InChI is InChI=1S/C14H16N4O/c1-18(7-6-15)10-13-9-17-19-14(13)12-4-2-11(8-16)3-5-12/h2-5,9H,6-7,10,15H2,1H3. The lowest BCUT2D eigenvalue weighted by Crippen LogP contribution is -2.24. The Balaban J connectivity index is 2.21. The Hall–Kier alpha value is -2.16. The van der Waals surface area contributed by atoms with E-state index < -0.39 is 0 Å². The summed E-state index contributed by atoms with van der Waals surface area (Å²) in [6, 6.07) is 9.37. The van der Waals surface area contributed by atoms with Crippen molar-refractivity contribution in [1.82, 2.24) is 10.1 Å². The van der Waals surface area contributed by atoms with Gasteiger partial charge in [-0.05, 0) is 31.3 Å². The second-order valence-corrected chi connectivity index (χ2v) is 4.40. The van der Waals surface area contributed by atoms with Crippen LogP contribution in [-0.4, -0.2) is 30.2 Å². The first kappa shape index (κ1) is 13.3. The fraction of sp³-hybridized carbons (Fsp3) is 0.286. The number of benzene rings is 1. The second kappa shape index (κ2) is 6.14. The van der Waals surface area contributed by atoms with Gasteiger partial charge in [0.05, 0.1) is 17.8 Å². The molecule has 2 aromatic rings. The molecule has 5 nitrogen and oxygen atoms in total. The largest absolute Gasteiger partial charge is 0.356 e. The Bertz CT molecular complexity index is 568. The fourth-order valence-corrected chi connectivity index (χ4v) is 1.90. The minimum Gasteiger partial charge on any atom is -0.356 e. The van der Waals surface area contributed by atoms with Gasteiger partial charge in [0.15, 0.2) is 5.76 Å². The fourth-order valence-electron chi connectivity index (χ4n) is 1.90. The van der Waals surface area contributed by atoms with Crippen LogP contribution in [0.2, 0.25) is 0 Å².